The number of rotatable bonds is 23. The molecule has 624 valence electrons. The lowest BCUT2D eigenvalue weighted by Crippen LogP contribution is -2.59. The van der Waals surface area contributed by atoms with Gasteiger partial charge >= 0.3 is 18.0 Å². The summed E-state index contributed by atoms with van der Waals surface area (Å²) in [4.78, 5) is 131. The van der Waals surface area contributed by atoms with E-state index in [2.05, 4.69) is 95.4 Å². The minimum Gasteiger partial charge on any atom is -0.495 e. The molecule has 6 amide bonds. The summed E-state index contributed by atoms with van der Waals surface area (Å²) in [6.45, 7) is 12.2. The average molecular weight is 1770 g/mol. The van der Waals surface area contributed by atoms with Crippen LogP contribution in [0.5, 0.6) is 11.5 Å². The molecular formula is C82H94Br2N16O17S. The predicted octanol–water partition coefficient (Wildman–Crippen LogP) is 10.1. The summed E-state index contributed by atoms with van der Waals surface area (Å²) in [6, 6.07) is 14.7. The Morgan fingerprint density at radius 1 is 0.831 bits per heavy atom. The van der Waals surface area contributed by atoms with Gasteiger partial charge in [0, 0.05) is 84.1 Å². The van der Waals surface area contributed by atoms with Crippen LogP contribution in [0.2, 0.25) is 0 Å². The maximum Gasteiger partial charge on any atom is 0.408 e. The fourth-order valence-electron chi connectivity index (χ4n) is 16.0. The summed E-state index contributed by atoms with van der Waals surface area (Å²) in [5, 5.41) is 66.5. The van der Waals surface area contributed by atoms with Gasteiger partial charge in [-0.3, -0.25) is 24.0 Å². The van der Waals surface area contributed by atoms with E-state index in [-0.39, 0.29) is 49.0 Å². The summed E-state index contributed by atoms with van der Waals surface area (Å²) >= 11 is 8.33. The Bertz CT molecular complexity index is 5390. The number of hydrogen-bond donors (Lipinski definition) is 10. The van der Waals surface area contributed by atoms with Crippen molar-refractivity contribution in [2.75, 3.05) is 25.6 Å². The molecule has 4 saturated carbocycles. The number of aliphatic hydroxyl groups is 3. The number of amides is 6. The molecule has 36 heteroatoms. The summed E-state index contributed by atoms with van der Waals surface area (Å²) in [6.07, 6.45) is 13.7. The molecular weight excluding hydrogens is 1670 g/mol. The Morgan fingerprint density at radius 2 is 1.54 bits per heavy atom. The maximum atomic E-state index is 14.6. The summed E-state index contributed by atoms with van der Waals surface area (Å²) in [5.41, 5.74) is 9.82. The Kier molecular flexibility index (Phi) is 25.4. The molecule has 0 bridgehead atoms. The molecule has 6 fully saturated rings. The molecule has 2 aliphatic heterocycles. The second-order valence-corrected chi connectivity index (χ2v) is 34.5. The minimum atomic E-state index is -1.54. The lowest BCUT2D eigenvalue weighted by atomic mass is 9.75. The number of carboxylic acids is 2. The monoisotopic (exact) mass is 1760 g/mol. The largest absolute Gasteiger partial charge is 0.495 e. The number of aliphatic hydroxyl groups excluding tert-OH is 3. The first-order valence-electron chi connectivity index (χ1n) is 38.9. The number of nitrogens with one attached hydrogen (secondary N) is 4. The van der Waals surface area contributed by atoms with Crippen molar-refractivity contribution in [3.05, 3.63) is 135 Å². The molecule has 11 N–H and O–H groups in total. The molecule has 15 rings (SSSR count). The van der Waals surface area contributed by atoms with Gasteiger partial charge in [0.25, 0.3) is 11.8 Å². The van der Waals surface area contributed by atoms with Crippen LogP contribution in [-0.4, -0.2) is 195 Å². The smallest absolute Gasteiger partial charge is 0.408 e. The van der Waals surface area contributed by atoms with E-state index in [9.17, 15) is 53.7 Å². The van der Waals surface area contributed by atoms with Crippen molar-refractivity contribution in [1.82, 2.24) is 69.7 Å². The quantitative estimate of drug-likeness (QED) is 0.0210. The van der Waals surface area contributed by atoms with Gasteiger partial charge in [0.2, 0.25) is 23.5 Å². The van der Waals surface area contributed by atoms with Gasteiger partial charge in [0.1, 0.15) is 77.5 Å². The molecule has 9 aromatic rings. The third-order valence-corrected chi connectivity index (χ3v) is 24.6. The Morgan fingerprint density at radius 3 is 2.16 bits per heavy atom. The average Bonchev–Trinajstić information content (AvgIpc) is 1.58. The number of aryl methyl sites for hydroxylation is 2. The van der Waals surface area contributed by atoms with Gasteiger partial charge in [-0.1, -0.05) is 65.7 Å². The Labute approximate surface area is 698 Å². The molecule has 4 aliphatic carbocycles. The van der Waals surface area contributed by atoms with Gasteiger partial charge in [-0.15, -0.1) is 23.0 Å². The third kappa shape index (κ3) is 17.7. The summed E-state index contributed by atoms with van der Waals surface area (Å²) < 4.78 is 29.7. The SMILES string of the molecule is C=C[C@@H]1C[C@]1(NC(=O)[C@@H]1C[C@@H](Oc2cc(-c3csc(NC(=O)C(C)C)n3)nc3c(Br)c(OC)ccc23)CN1C(=O)[C@@H](NC(=O)OC1CCCC1)C(C)(C)C)C(=O)O.Cn1c(C2(NC(=O)c3ccc4c(C5CCCC5)c(-c5ncc(Br)cn5)n(C)c4c3)CCC2)nc2ccc(/C=C/C(=O)O)cc21.NC(=O)c1ncn([C@@H]2O[C@H](CO)[C@@H](O)[C@H]2O)n1. The Balaban J connectivity index is 0.000000174. The number of imidazole rings is 1. The molecule has 0 spiro atoms. The van der Waals surface area contributed by atoms with Crippen LogP contribution in [0.15, 0.2) is 106 Å². The number of alkyl carbamates (subject to hydrolysis) is 1. The normalized spacial score (nSPS) is 21.8. The first kappa shape index (κ1) is 85.3. The minimum absolute atomic E-state index is 0.00791. The van der Waals surface area contributed by atoms with Crippen molar-refractivity contribution in [1.29, 1.82) is 0 Å². The number of likely N-dealkylation sites (tertiary alicyclic amines) is 1. The number of methoxy groups -OCH3 is 1. The topological polar surface area (TPSA) is 457 Å². The molecule has 6 aliphatic rings. The molecule has 118 heavy (non-hydrogen) atoms. The highest BCUT2D eigenvalue weighted by atomic mass is 79.9. The predicted molar refractivity (Wildman–Crippen MR) is 442 cm³/mol. The third-order valence-electron chi connectivity index (χ3n) is 22.6. The zero-order valence-electron chi connectivity index (χ0n) is 66.2. The van der Waals surface area contributed by atoms with Gasteiger partial charge in [-0.05, 0) is 161 Å². The number of benzene rings is 3. The lowest BCUT2D eigenvalue weighted by Gasteiger charge is -2.41. The van der Waals surface area contributed by atoms with E-state index >= 15 is 0 Å². The highest BCUT2D eigenvalue weighted by Gasteiger charge is 2.61. The van der Waals surface area contributed by atoms with Crippen LogP contribution in [0, 0.1) is 17.3 Å². The number of ether oxygens (including phenoxy) is 4. The van der Waals surface area contributed by atoms with E-state index in [0.717, 1.165) is 118 Å². The van der Waals surface area contributed by atoms with Gasteiger partial charge in [0.15, 0.2) is 17.2 Å². The number of thiazole rings is 1. The van der Waals surface area contributed by atoms with Crippen molar-refractivity contribution < 1.29 is 82.8 Å². The number of anilines is 1. The van der Waals surface area contributed by atoms with Crippen molar-refractivity contribution in [3.8, 4) is 34.4 Å². The van der Waals surface area contributed by atoms with Gasteiger partial charge in [-0.2, -0.15) is 0 Å². The highest BCUT2D eigenvalue weighted by molar-refractivity contribution is 9.11. The van der Waals surface area contributed by atoms with Crippen LogP contribution < -0.4 is 36.5 Å². The number of aliphatic carboxylic acids is 2. The number of pyridine rings is 1. The molecule has 6 aromatic heterocycles. The number of primary amides is 1. The molecule has 9 atom stereocenters. The Hall–Kier alpha value is -10.6. The zero-order chi connectivity index (χ0) is 84.6. The molecule has 8 heterocycles. The lowest BCUT2D eigenvalue weighted by molar-refractivity contribution is -0.146. The van der Waals surface area contributed by atoms with Crippen LogP contribution >= 0.6 is 43.2 Å². The molecule has 0 radical (unpaired) electrons. The molecule has 33 nitrogen and oxygen atoms in total. The van der Waals surface area contributed by atoms with Crippen molar-refractivity contribution >= 4 is 135 Å². The van der Waals surface area contributed by atoms with E-state index in [0.29, 0.717) is 60.7 Å². The number of nitrogens with two attached hydrogens (primary N) is 1. The number of hydrogen-bond acceptors (Lipinski definition) is 23. The van der Waals surface area contributed by atoms with Crippen LogP contribution in [0.4, 0.5) is 9.93 Å². The second kappa shape index (κ2) is 35.1. The molecule has 0 unspecified atom stereocenters. The van der Waals surface area contributed by atoms with Crippen molar-refractivity contribution in [2.45, 2.75) is 184 Å². The van der Waals surface area contributed by atoms with Gasteiger partial charge < -0.3 is 85.5 Å². The number of halogens is 2. The van der Waals surface area contributed by atoms with Crippen LogP contribution in [0.1, 0.15) is 168 Å². The number of aromatic nitrogens is 10. The number of fused-ring (bicyclic) bond motifs is 3. The number of nitrogens with zero attached hydrogens (tertiary/aromatic N) is 11. The maximum absolute atomic E-state index is 14.6. The van der Waals surface area contributed by atoms with Gasteiger partial charge in [-0.25, -0.2) is 49.0 Å². The standard InChI is InChI=1S/C40H49BrN6O9S.C34H33BrN6O3.C8H12N4O5/c1-8-21-17-40(21,36(51)52)46-34(49)27-15-23(18-47(27)35(50)32(39(4,5)6)44-38(53)56-22-11-9-10-12-22)55-29-16-25(26-19-57-37(43-26)45-33(48)20(2)3)42-31-24(29)13-14-28(54-7)30(31)41;1-40-26-17-22(10-11-24(26)29(21-6-3-4-7-21)30(40)31-36-18-23(35)19-37-31)32(44)39-34(14-5-15-34)33-38-25-12-8-20(9-13-28(42)43)16-27(25)41(33)2;9-6(16)7-10-2-12(11-7)8-5(15)4(14)3(1-13)17-8/h8,13-14,16,19-23,27,32H,1,9-12,15,17-18H2,2-7H3,(H,44,53)(H,46,49)(H,51,52)(H,43,45,48);8-13,16-19,21H,3-7,14-15H2,1-2H3,(H,39,44)(H,42,43);2-5,8,13-15H,1H2,(H2,9,16)/b;13-9+;/t21-,23-,27+,32-,40-;;3-,4-,5-,8-/m1.1/s1. The first-order chi connectivity index (χ1) is 56.2. The summed E-state index contributed by atoms with van der Waals surface area (Å²) in [7, 11) is 5.53. The fraction of sp³-hybridized carbons (Fsp3) is 0.451. The van der Waals surface area contributed by atoms with E-state index in [1.807, 2.05) is 49.0 Å². The second-order valence-electron chi connectivity index (χ2n) is 31.9. The van der Waals surface area contributed by atoms with Crippen LogP contribution in [-0.2, 0) is 53.1 Å². The van der Waals surface area contributed by atoms with E-state index in [1.165, 1.54) is 47.8 Å². The van der Waals surface area contributed by atoms with Crippen LogP contribution in [0.3, 0.4) is 0 Å². The van der Waals surface area contributed by atoms with Crippen molar-refractivity contribution in [3.63, 3.8) is 0 Å². The highest BCUT2D eigenvalue weighted by Crippen LogP contribution is 2.48. The van der Waals surface area contributed by atoms with E-state index < -0.39 is 107 Å². The number of carboxylic acid groups (broad SMARTS) is 2. The fourth-order valence-corrected chi connectivity index (χ4v) is 17.5. The molecule has 2 saturated heterocycles. The van der Waals surface area contributed by atoms with Crippen molar-refractivity contribution in [2.24, 2.45) is 37.1 Å². The number of carbonyl (C=O) groups excluding carboxylic acids is 6. The van der Waals surface area contributed by atoms with E-state index in [1.54, 1.807) is 76.7 Å². The van der Waals surface area contributed by atoms with Crippen LogP contribution in [0.25, 0.3) is 61.8 Å². The number of carbonyl (C=O) groups is 8. The zero-order valence-corrected chi connectivity index (χ0v) is 70.2. The van der Waals surface area contributed by atoms with E-state index in [4.69, 9.17) is 44.9 Å². The molecule has 3 aromatic carbocycles. The first-order valence-corrected chi connectivity index (χ1v) is 41.4. The van der Waals surface area contributed by atoms with Gasteiger partial charge in [0.05, 0.1) is 62.7 Å². The summed E-state index contributed by atoms with van der Waals surface area (Å²) in [5.74, 6) is -2.61.